The van der Waals surface area contributed by atoms with Gasteiger partial charge in [-0.3, -0.25) is 9.59 Å². The zero-order chi connectivity index (χ0) is 19.0. The quantitative estimate of drug-likeness (QED) is 0.716. The summed E-state index contributed by atoms with van der Waals surface area (Å²) in [5, 5.41) is 0.286. The first-order chi connectivity index (χ1) is 13.0. The van der Waals surface area contributed by atoms with Crippen LogP contribution in [0.15, 0.2) is 45.9 Å². The van der Waals surface area contributed by atoms with Crippen molar-refractivity contribution in [2.75, 3.05) is 13.1 Å². The summed E-state index contributed by atoms with van der Waals surface area (Å²) in [6.45, 7) is 3.11. The van der Waals surface area contributed by atoms with Crippen molar-refractivity contribution in [1.29, 1.82) is 0 Å². The molecule has 27 heavy (non-hydrogen) atoms. The Labute approximate surface area is 157 Å². The van der Waals surface area contributed by atoms with Crippen molar-refractivity contribution in [2.45, 2.75) is 26.2 Å². The van der Waals surface area contributed by atoms with Gasteiger partial charge >= 0.3 is 0 Å². The number of hydrogen-bond donors (Lipinski definition) is 0. The number of carbonyl (C=O) groups excluding carboxylic acids is 1. The summed E-state index contributed by atoms with van der Waals surface area (Å²) in [6.07, 6.45) is 4.38. The first kappa shape index (κ1) is 17.5. The molecular weight excluding hydrogens is 342 g/mol. The highest BCUT2D eigenvalue weighted by Gasteiger charge is 2.29. The lowest BCUT2D eigenvalue weighted by atomic mass is 9.90. The second kappa shape index (κ2) is 7.02. The predicted molar refractivity (Wildman–Crippen MR) is 103 cm³/mol. The first-order valence-corrected chi connectivity index (χ1v) is 9.32. The normalized spacial score (nSPS) is 15.4. The van der Waals surface area contributed by atoms with Crippen LogP contribution in [0.5, 0.6) is 0 Å². The fraction of sp³-hybridized carbons (Fsp3) is 0.381. The van der Waals surface area contributed by atoms with Crippen LogP contribution in [0, 0.1) is 12.8 Å². The van der Waals surface area contributed by atoms with Crippen LogP contribution < -0.4 is 5.56 Å². The van der Waals surface area contributed by atoms with Crippen LogP contribution in [-0.4, -0.2) is 33.4 Å². The molecule has 0 unspecified atom stereocenters. The standard InChI is InChI=1S/C21H23N3O3/c1-14-17(18-19(27-14)22-13-23(2)20(18)25)21(26)24-10-8-16(9-11-24)12-15-6-4-3-5-7-15/h3-7,13,16H,8-12H2,1-2H3. The number of fused-ring (bicyclic) bond motifs is 1. The highest BCUT2D eigenvalue weighted by molar-refractivity contribution is 6.06. The summed E-state index contributed by atoms with van der Waals surface area (Å²) in [7, 11) is 1.63. The third kappa shape index (κ3) is 3.27. The Morgan fingerprint density at radius 1 is 1.22 bits per heavy atom. The highest BCUT2D eigenvalue weighted by Crippen LogP contribution is 2.26. The Morgan fingerprint density at radius 2 is 1.93 bits per heavy atom. The highest BCUT2D eigenvalue weighted by atomic mass is 16.3. The number of hydrogen-bond acceptors (Lipinski definition) is 4. The minimum absolute atomic E-state index is 0.130. The lowest BCUT2D eigenvalue weighted by molar-refractivity contribution is 0.0690. The third-order valence-corrected chi connectivity index (χ3v) is 5.43. The van der Waals surface area contributed by atoms with Gasteiger partial charge in [0.05, 0.1) is 5.56 Å². The Morgan fingerprint density at radius 3 is 2.63 bits per heavy atom. The molecule has 1 saturated heterocycles. The maximum Gasteiger partial charge on any atom is 0.265 e. The smallest absolute Gasteiger partial charge is 0.265 e. The maximum atomic E-state index is 13.1. The average Bonchev–Trinajstić information content (AvgIpc) is 3.02. The van der Waals surface area contributed by atoms with Crippen LogP contribution in [0.25, 0.3) is 11.1 Å². The van der Waals surface area contributed by atoms with Crippen LogP contribution in [0.2, 0.25) is 0 Å². The van der Waals surface area contributed by atoms with Gasteiger partial charge in [-0.1, -0.05) is 30.3 Å². The molecule has 0 N–H and O–H groups in total. The number of piperidine rings is 1. The van der Waals surface area contributed by atoms with Crippen LogP contribution in [0.4, 0.5) is 0 Å². The number of benzene rings is 1. The van der Waals surface area contributed by atoms with Crippen LogP contribution in [0.1, 0.15) is 34.5 Å². The van der Waals surface area contributed by atoms with Crippen molar-refractivity contribution in [1.82, 2.24) is 14.5 Å². The largest absolute Gasteiger partial charge is 0.442 e. The maximum absolute atomic E-state index is 13.1. The van der Waals surface area contributed by atoms with E-state index in [1.54, 1.807) is 14.0 Å². The number of amides is 1. The fourth-order valence-corrected chi connectivity index (χ4v) is 3.89. The predicted octanol–water partition coefficient (Wildman–Crippen LogP) is 2.93. The van der Waals surface area contributed by atoms with Crippen molar-refractivity contribution in [3.05, 3.63) is 63.9 Å². The van der Waals surface area contributed by atoms with E-state index in [4.69, 9.17) is 4.42 Å². The number of rotatable bonds is 3. The molecule has 1 aromatic carbocycles. The third-order valence-electron chi connectivity index (χ3n) is 5.43. The van der Waals surface area contributed by atoms with E-state index in [0.717, 1.165) is 19.3 Å². The SMILES string of the molecule is Cc1oc2ncn(C)c(=O)c2c1C(=O)N1CCC(Cc2ccccc2)CC1. The molecule has 1 aliphatic rings. The molecule has 6 heteroatoms. The molecule has 3 aromatic rings. The van der Waals surface area contributed by atoms with Crippen molar-refractivity contribution in [2.24, 2.45) is 13.0 Å². The van der Waals surface area contributed by atoms with Crippen LogP contribution in [0.3, 0.4) is 0 Å². The zero-order valence-electron chi connectivity index (χ0n) is 15.6. The molecule has 0 bridgehead atoms. The van der Waals surface area contributed by atoms with Gasteiger partial charge in [0.25, 0.3) is 11.5 Å². The van der Waals surface area contributed by atoms with E-state index < -0.39 is 0 Å². The number of likely N-dealkylation sites (tertiary alicyclic amines) is 1. The summed E-state index contributed by atoms with van der Waals surface area (Å²) in [5.74, 6) is 0.903. The van der Waals surface area contributed by atoms with E-state index in [-0.39, 0.29) is 22.6 Å². The van der Waals surface area contributed by atoms with Gasteiger partial charge in [-0.05, 0) is 37.7 Å². The summed E-state index contributed by atoms with van der Waals surface area (Å²) < 4.78 is 6.95. The van der Waals surface area contributed by atoms with Gasteiger partial charge in [0.15, 0.2) is 0 Å². The lowest BCUT2D eigenvalue weighted by Crippen LogP contribution is -2.39. The molecule has 0 atom stereocenters. The van der Waals surface area contributed by atoms with Crippen molar-refractivity contribution < 1.29 is 9.21 Å². The molecule has 0 radical (unpaired) electrons. The summed E-state index contributed by atoms with van der Waals surface area (Å²) >= 11 is 0. The van der Waals surface area contributed by atoms with Crippen LogP contribution in [-0.2, 0) is 13.5 Å². The lowest BCUT2D eigenvalue weighted by Gasteiger charge is -2.32. The summed E-state index contributed by atoms with van der Waals surface area (Å²) in [4.78, 5) is 31.6. The topological polar surface area (TPSA) is 68.3 Å². The number of furan rings is 1. The van der Waals surface area contributed by atoms with Gasteiger partial charge in [0, 0.05) is 20.1 Å². The Balaban J connectivity index is 1.52. The molecule has 4 rings (SSSR count). The molecule has 1 aliphatic heterocycles. The second-order valence-electron chi connectivity index (χ2n) is 7.30. The summed E-state index contributed by atoms with van der Waals surface area (Å²) in [5.41, 5.74) is 1.69. The van der Waals surface area contributed by atoms with Gasteiger partial charge in [-0.2, -0.15) is 0 Å². The van der Waals surface area contributed by atoms with Crippen LogP contribution >= 0.6 is 0 Å². The minimum atomic E-state index is -0.251. The van der Waals surface area contributed by atoms with E-state index >= 15 is 0 Å². The Bertz CT molecular complexity index is 1030. The molecule has 1 fully saturated rings. The summed E-state index contributed by atoms with van der Waals surface area (Å²) in [6, 6.07) is 10.5. The van der Waals surface area contributed by atoms with Crippen molar-refractivity contribution in [3.63, 3.8) is 0 Å². The number of nitrogens with zero attached hydrogens (tertiary/aromatic N) is 3. The van der Waals surface area contributed by atoms with E-state index in [1.165, 1.54) is 16.5 Å². The molecule has 0 spiro atoms. The van der Waals surface area contributed by atoms with Gasteiger partial charge in [0.1, 0.15) is 17.5 Å². The van der Waals surface area contributed by atoms with E-state index in [9.17, 15) is 9.59 Å². The van der Waals surface area contributed by atoms with E-state index in [0.29, 0.717) is 30.3 Å². The molecule has 140 valence electrons. The first-order valence-electron chi connectivity index (χ1n) is 9.32. The van der Waals surface area contributed by atoms with E-state index in [2.05, 4.69) is 29.2 Å². The Kier molecular flexibility index (Phi) is 4.56. The number of aromatic nitrogens is 2. The zero-order valence-corrected chi connectivity index (χ0v) is 15.6. The number of carbonyl (C=O) groups is 1. The molecule has 6 nitrogen and oxygen atoms in total. The van der Waals surface area contributed by atoms with Gasteiger partial charge in [0.2, 0.25) is 5.71 Å². The number of aryl methyl sites for hydroxylation is 2. The minimum Gasteiger partial charge on any atom is -0.442 e. The van der Waals surface area contributed by atoms with Gasteiger partial charge < -0.3 is 13.9 Å². The van der Waals surface area contributed by atoms with Crippen molar-refractivity contribution >= 4 is 17.0 Å². The van der Waals surface area contributed by atoms with Gasteiger partial charge in [-0.25, -0.2) is 4.98 Å². The fourth-order valence-electron chi connectivity index (χ4n) is 3.89. The van der Waals surface area contributed by atoms with Gasteiger partial charge in [-0.15, -0.1) is 0 Å². The molecule has 3 heterocycles. The monoisotopic (exact) mass is 365 g/mol. The molecule has 0 aliphatic carbocycles. The average molecular weight is 365 g/mol. The Hall–Kier alpha value is -2.89. The molecule has 0 saturated carbocycles. The van der Waals surface area contributed by atoms with E-state index in [1.807, 2.05) is 11.0 Å². The molecular formula is C21H23N3O3. The van der Waals surface area contributed by atoms with Crippen molar-refractivity contribution in [3.8, 4) is 0 Å². The molecule has 1 amide bonds. The second-order valence-corrected chi connectivity index (χ2v) is 7.30. The molecule has 2 aromatic heterocycles.